The van der Waals surface area contributed by atoms with E-state index in [0.717, 1.165) is 23.3 Å². The normalized spacial score (nSPS) is 11.1. The van der Waals surface area contributed by atoms with Gasteiger partial charge in [-0.2, -0.15) is 5.10 Å². The van der Waals surface area contributed by atoms with Gasteiger partial charge in [0.15, 0.2) is 0 Å². The maximum Gasteiger partial charge on any atom is 0.573 e. The summed E-state index contributed by atoms with van der Waals surface area (Å²) in [5.41, 5.74) is 2.71. The lowest BCUT2D eigenvalue weighted by Gasteiger charge is -2.09. The molecule has 3 rings (SSSR count). The van der Waals surface area contributed by atoms with Crippen molar-refractivity contribution >= 4 is 17.8 Å². The van der Waals surface area contributed by atoms with Crippen molar-refractivity contribution in [1.29, 1.82) is 0 Å². The summed E-state index contributed by atoms with van der Waals surface area (Å²) in [6, 6.07) is 14.0. The van der Waals surface area contributed by atoms with E-state index in [4.69, 9.17) is 0 Å². The van der Waals surface area contributed by atoms with Gasteiger partial charge in [0.2, 0.25) is 0 Å². The van der Waals surface area contributed by atoms with Crippen molar-refractivity contribution in [1.82, 2.24) is 9.78 Å². The molecule has 144 valence electrons. The Morgan fingerprint density at radius 2 is 1.79 bits per heavy atom. The fraction of sp³-hybridized carbons (Fsp3) is 0.100. The first-order valence-corrected chi connectivity index (χ1v) is 8.19. The van der Waals surface area contributed by atoms with Crippen molar-refractivity contribution in [3.05, 3.63) is 72.3 Å². The van der Waals surface area contributed by atoms with E-state index in [-0.39, 0.29) is 5.56 Å². The van der Waals surface area contributed by atoms with Gasteiger partial charge in [-0.25, -0.2) is 0 Å². The molecule has 0 aliphatic carbocycles. The third-order valence-corrected chi connectivity index (χ3v) is 3.91. The minimum atomic E-state index is -4.78. The van der Waals surface area contributed by atoms with E-state index >= 15 is 0 Å². The number of alkyl halides is 3. The molecule has 0 atom stereocenters. The van der Waals surface area contributed by atoms with Crippen LogP contribution in [0.3, 0.4) is 0 Å². The summed E-state index contributed by atoms with van der Waals surface area (Å²) < 4.78 is 41.9. The molecule has 1 heterocycles. The molecule has 5 nitrogen and oxygen atoms in total. The maximum atomic E-state index is 12.4. The van der Waals surface area contributed by atoms with E-state index in [1.807, 2.05) is 24.3 Å². The number of nitrogens with zero attached hydrogens (tertiary/aromatic N) is 2. The molecule has 0 bridgehead atoms. The third-order valence-electron chi connectivity index (χ3n) is 3.91. The van der Waals surface area contributed by atoms with E-state index in [9.17, 15) is 18.0 Å². The van der Waals surface area contributed by atoms with E-state index in [1.165, 1.54) is 16.8 Å². The van der Waals surface area contributed by atoms with Crippen LogP contribution < -0.4 is 10.1 Å². The van der Waals surface area contributed by atoms with Crippen molar-refractivity contribution in [3.63, 3.8) is 0 Å². The first-order valence-electron chi connectivity index (χ1n) is 8.19. The van der Waals surface area contributed by atoms with Crippen LogP contribution in [0, 0.1) is 0 Å². The summed E-state index contributed by atoms with van der Waals surface area (Å²) in [6.45, 7) is 3.71. The van der Waals surface area contributed by atoms with Crippen LogP contribution in [0.1, 0.15) is 15.9 Å². The number of benzene rings is 2. The molecule has 1 amide bonds. The molecule has 3 aromatic rings. The Labute approximate surface area is 159 Å². The Bertz CT molecular complexity index is 991. The average molecular weight is 387 g/mol. The van der Waals surface area contributed by atoms with Crippen molar-refractivity contribution < 1.29 is 22.7 Å². The van der Waals surface area contributed by atoms with Crippen LogP contribution in [0.4, 0.5) is 19.0 Å². The molecule has 0 unspecified atom stereocenters. The molecule has 8 heteroatoms. The summed E-state index contributed by atoms with van der Waals surface area (Å²) >= 11 is 0. The van der Waals surface area contributed by atoms with Gasteiger partial charge in [-0.15, -0.1) is 13.2 Å². The highest BCUT2D eigenvalue weighted by atomic mass is 19.4. The Kier molecular flexibility index (Phi) is 5.21. The summed E-state index contributed by atoms with van der Waals surface area (Å²) in [4.78, 5) is 12.4. The lowest BCUT2D eigenvalue weighted by molar-refractivity contribution is -0.274. The molecular formula is C20H16F3N3O2. The van der Waals surface area contributed by atoms with Crippen LogP contribution >= 0.6 is 0 Å². The number of anilines is 1. The number of carbonyl (C=O) groups excluding carboxylic acids is 1. The molecule has 1 N–H and O–H groups in total. The van der Waals surface area contributed by atoms with Gasteiger partial charge in [0.1, 0.15) is 11.6 Å². The SMILES string of the molecule is C=Cc1ccc(-c2cc(NC(=O)c3ccc(OC(F)(F)F)cc3)n(C)n2)cc1. The van der Waals surface area contributed by atoms with Gasteiger partial charge in [-0.05, 0) is 29.8 Å². The predicted molar refractivity (Wildman–Crippen MR) is 99.8 cm³/mol. The molecule has 1 aromatic heterocycles. The second-order valence-electron chi connectivity index (χ2n) is 5.89. The van der Waals surface area contributed by atoms with Crippen LogP contribution in [0.15, 0.2) is 61.2 Å². The highest BCUT2D eigenvalue weighted by molar-refractivity contribution is 6.04. The zero-order valence-electron chi connectivity index (χ0n) is 14.8. The number of halogens is 3. The molecule has 2 aromatic carbocycles. The molecule has 0 radical (unpaired) electrons. The van der Waals surface area contributed by atoms with Gasteiger partial charge >= 0.3 is 6.36 Å². The van der Waals surface area contributed by atoms with E-state index < -0.39 is 18.0 Å². The minimum absolute atomic E-state index is 0.188. The average Bonchev–Trinajstić information content (AvgIpc) is 3.01. The van der Waals surface area contributed by atoms with Gasteiger partial charge in [-0.1, -0.05) is 36.9 Å². The summed E-state index contributed by atoms with van der Waals surface area (Å²) in [7, 11) is 1.68. The monoisotopic (exact) mass is 387 g/mol. The smallest absolute Gasteiger partial charge is 0.406 e. The first kappa shape index (κ1) is 19.2. The number of aryl methyl sites for hydroxylation is 1. The van der Waals surface area contributed by atoms with Gasteiger partial charge < -0.3 is 10.1 Å². The van der Waals surface area contributed by atoms with Crippen LogP contribution in [-0.2, 0) is 7.05 Å². The number of carbonyl (C=O) groups is 1. The Balaban J connectivity index is 1.73. The molecule has 28 heavy (non-hydrogen) atoms. The number of hydrogen-bond donors (Lipinski definition) is 1. The third kappa shape index (κ3) is 4.59. The number of rotatable bonds is 5. The fourth-order valence-corrected chi connectivity index (χ4v) is 2.51. The van der Waals surface area contributed by atoms with Crippen molar-refractivity contribution in [3.8, 4) is 17.0 Å². The zero-order valence-corrected chi connectivity index (χ0v) is 14.8. The van der Waals surface area contributed by atoms with Crippen LogP contribution in [-0.4, -0.2) is 22.1 Å². The molecule has 0 fully saturated rings. The minimum Gasteiger partial charge on any atom is -0.406 e. The lowest BCUT2D eigenvalue weighted by atomic mass is 10.1. The predicted octanol–water partition coefficient (Wildman–Crippen LogP) is 4.88. The fourth-order valence-electron chi connectivity index (χ4n) is 2.51. The second kappa shape index (κ2) is 7.59. The summed E-state index contributed by atoms with van der Waals surface area (Å²) in [6.07, 6.45) is -3.04. The number of amides is 1. The maximum absolute atomic E-state index is 12.4. The standard InChI is InChI=1S/C20H16F3N3O2/c1-3-13-4-6-14(7-5-13)17-12-18(26(2)25-17)24-19(27)15-8-10-16(11-9-15)28-20(21,22)23/h3-12H,1H2,2H3,(H,24,27). The van der Waals surface area contributed by atoms with Crippen LogP contribution in [0.5, 0.6) is 5.75 Å². The molecule has 0 spiro atoms. The first-order chi connectivity index (χ1) is 13.2. The van der Waals surface area contributed by atoms with Crippen molar-refractivity contribution in [2.24, 2.45) is 7.05 Å². The number of hydrogen-bond acceptors (Lipinski definition) is 3. The van der Waals surface area contributed by atoms with E-state index in [1.54, 1.807) is 19.2 Å². The number of ether oxygens (including phenoxy) is 1. The van der Waals surface area contributed by atoms with Crippen molar-refractivity contribution in [2.75, 3.05) is 5.32 Å². The topological polar surface area (TPSA) is 56.1 Å². The van der Waals surface area contributed by atoms with Crippen LogP contribution in [0.25, 0.3) is 17.3 Å². The van der Waals surface area contributed by atoms with Gasteiger partial charge in [0.25, 0.3) is 5.91 Å². The second-order valence-corrected chi connectivity index (χ2v) is 5.89. The Morgan fingerprint density at radius 3 is 2.36 bits per heavy atom. The van der Waals surface area contributed by atoms with E-state index in [0.29, 0.717) is 11.5 Å². The molecule has 0 aliphatic rings. The van der Waals surface area contributed by atoms with Crippen LogP contribution in [0.2, 0.25) is 0 Å². The van der Waals surface area contributed by atoms with Crippen molar-refractivity contribution in [2.45, 2.75) is 6.36 Å². The molecule has 0 saturated carbocycles. The number of nitrogens with one attached hydrogen (secondary N) is 1. The lowest BCUT2D eigenvalue weighted by Crippen LogP contribution is -2.17. The van der Waals surface area contributed by atoms with Gasteiger partial charge in [0.05, 0.1) is 5.69 Å². The Morgan fingerprint density at radius 1 is 1.14 bits per heavy atom. The van der Waals surface area contributed by atoms with Gasteiger partial charge in [0, 0.05) is 24.2 Å². The highest BCUT2D eigenvalue weighted by Crippen LogP contribution is 2.24. The summed E-state index contributed by atoms with van der Waals surface area (Å²) in [5, 5.41) is 7.06. The molecule has 0 saturated heterocycles. The quantitative estimate of drug-likeness (QED) is 0.679. The largest absolute Gasteiger partial charge is 0.573 e. The number of aromatic nitrogens is 2. The zero-order chi connectivity index (χ0) is 20.3. The van der Waals surface area contributed by atoms with Gasteiger partial charge in [-0.3, -0.25) is 9.48 Å². The van der Waals surface area contributed by atoms with E-state index in [2.05, 4.69) is 21.7 Å². The summed E-state index contributed by atoms with van der Waals surface area (Å²) in [5.74, 6) is -0.423. The Hall–Kier alpha value is -3.55. The molecular weight excluding hydrogens is 371 g/mol. The highest BCUT2D eigenvalue weighted by Gasteiger charge is 2.31. The molecule has 0 aliphatic heterocycles.